The number of aliphatic hydroxyl groups excluding tert-OH is 1. The van der Waals surface area contributed by atoms with Gasteiger partial charge in [0, 0.05) is 41.2 Å². The van der Waals surface area contributed by atoms with E-state index in [4.69, 9.17) is 24.4 Å². The molecular formula is C29H28N6O4S3. The lowest BCUT2D eigenvalue weighted by Crippen LogP contribution is -2.38. The topological polar surface area (TPSA) is 115 Å². The second kappa shape index (κ2) is 11.8. The van der Waals surface area contributed by atoms with Gasteiger partial charge in [-0.2, -0.15) is 5.10 Å². The summed E-state index contributed by atoms with van der Waals surface area (Å²) in [7, 11) is 1.62. The first-order valence-corrected chi connectivity index (χ1v) is 15.8. The normalized spacial score (nSPS) is 11.6. The Labute approximate surface area is 253 Å². The summed E-state index contributed by atoms with van der Waals surface area (Å²) >= 11 is 4.57. The van der Waals surface area contributed by atoms with Crippen LogP contribution in [-0.4, -0.2) is 66.8 Å². The highest BCUT2D eigenvalue weighted by Gasteiger charge is 2.19. The van der Waals surface area contributed by atoms with E-state index in [0.29, 0.717) is 23.6 Å². The molecule has 6 aromatic rings. The van der Waals surface area contributed by atoms with Gasteiger partial charge < -0.3 is 19.5 Å². The van der Waals surface area contributed by atoms with E-state index < -0.39 is 0 Å². The van der Waals surface area contributed by atoms with Crippen LogP contribution in [-0.2, 0) is 6.61 Å². The third kappa shape index (κ3) is 5.60. The molecule has 6 rings (SSSR count). The largest absolute Gasteiger partial charge is 0.497 e. The molecule has 216 valence electrons. The number of methoxy groups -OCH3 is 1. The average molecular weight is 621 g/mol. The van der Waals surface area contributed by atoms with Crippen molar-refractivity contribution < 1.29 is 19.4 Å². The molecule has 13 heteroatoms. The van der Waals surface area contributed by atoms with E-state index in [-0.39, 0.29) is 25.2 Å². The molecule has 0 radical (unpaired) electrons. The number of benzene rings is 2. The summed E-state index contributed by atoms with van der Waals surface area (Å²) in [5, 5.41) is 18.3. The molecule has 0 unspecified atom stereocenters. The van der Waals surface area contributed by atoms with Gasteiger partial charge >= 0.3 is 0 Å². The molecule has 0 atom stereocenters. The van der Waals surface area contributed by atoms with Crippen LogP contribution in [0.4, 0.5) is 0 Å². The number of carbonyl (C=O) groups is 1. The van der Waals surface area contributed by atoms with E-state index in [0.717, 1.165) is 47.2 Å². The van der Waals surface area contributed by atoms with Crippen molar-refractivity contribution in [3.63, 3.8) is 0 Å². The van der Waals surface area contributed by atoms with Crippen molar-refractivity contribution in [1.82, 2.24) is 29.5 Å². The minimum absolute atomic E-state index is 0.00198. The maximum absolute atomic E-state index is 12.9. The quantitative estimate of drug-likeness (QED) is 0.200. The summed E-state index contributed by atoms with van der Waals surface area (Å²) in [5.41, 5.74) is 3.83. The molecule has 1 N–H and O–H groups in total. The third-order valence-corrected chi connectivity index (χ3v) is 9.45. The molecule has 0 aliphatic heterocycles. The molecule has 1 amide bonds. The Bertz CT molecular complexity index is 1840. The van der Waals surface area contributed by atoms with E-state index in [1.165, 1.54) is 34.0 Å². The van der Waals surface area contributed by atoms with Gasteiger partial charge in [-0.25, -0.2) is 19.5 Å². The number of hydrogen-bond acceptors (Lipinski definition) is 11. The highest BCUT2D eigenvalue weighted by Crippen LogP contribution is 2.39. The molecule has 0 saturated heterocycles. The van der Waals surface area contributed by atoms with E-state index in [2.05, 4.69) is 5.10 Å². The average Bonchev–Trinajstić information content (AvgIpc) is 3.77. The number of nitrogens with zero attached hydrogens (tertiary/aromatic N) is 6. The molecule has 4 aromatic heterocycles. The van der Waals surface area contributed by atoms with Crippen molar-refractivity contribution in [1.29, 1.82) is 0 Å². The van der Waals surface area contributed by atoms with Gasteiger partial charge in [0.1, 0.15) is 38.8 Å². The maximum atomic E-state index is 12.9. The zero-order valence-electron chi connectivity index (χ0n) is 23.4. The van der Waals surface area contributed by atoms with Gasteiger partial charge in [0.2, 0.25) is 4.96 Å². The molecule has 2 aromatic carbocycles. The van der Waals surface area contributed by atoms with Crippen LogP contribution in [0.2, 0.25) is 0 Å². The number of hydrogen-bond donors (Lipinski definition) is 1. The number of rotatable bonds is 10. The predicted molar refractivity (Wildman–Crippen MR) is 166 cm³/mol. The fourth-order valence-corrected chi connectivity index (χ4v) is 7.00. The first-order chi connectivity index (χ1) is 20.3. The lowest BCUT2D eigenvalue weighted by Gasteiger charge is -2.26. The van der Waals surface area contributed by atoms with Crippen LogP contribution in [0.3, 0.4) is 0 Å². The molecule has 4 heterocycles. The van der Waals surface area contributed by atoms with Gasteiger partial charge in [-0.3, -0.25) is 4.79 Å². The molecule has 0 fully saturated rings. The molecule has 0 saturated carbocycles. The smallest absolute Gasteiger partial charge is 0.254 e. The van der Waals surface area contributed by atoms with Crippen molar-refractivity contribution in [2.24, 2.45) is 0 Å². The van der Waals surface area contributed by atoms with Crippen LogP contribution in [0.25, 0.3) is 36.5 Å². The Morgan fingerprint density at radius 2 is 1.90 bits per heavy atom. The van der Waals surface area contributed by atoms with Crippen LogP contribution >= 0.6 is 34.0 Å². The number of thiazole rings is 2. The molecule has 0 aliphatic rings. The molecule has 0 spiro atoms. The fourth-order valence-electron chi connectivity index (χ4n) is 4.50. The summed E-state index contributed by atoms with van der Waals surface area (Å²) < 4.78 is 14.4. The summed E-state index contributed by atoms with van der Waals surface area (Å²) in [5.74, 6) is 1.22. The Morgan fingerprint density at radius 1 is 1.10 bits per heavy atom. The first-order valence-electron chi connectivity index (χ1n) is 13.2. The number of aliphatic hydroxyl groups is 1. The lowest BCUT2D eigenvalue weighted by molar-refractivity contribution is 0.0665. The van der Waals surface area contributed by atoms with E-state index >= 15 is 0 Å². The van der Waals surface area contributed by atoms with Crippen LogP contribution in [0.15, 0.2) is 48.0 Å². The monoisotopic (exact) mass is 620 g/mol. The van der Waals surface area contributed by atoms with Gasteiger partial charge in [0.15, 0.2) is 0 Å². The molecular weight excluding hydrogens is 593 g/mol. The second-order valence-electron chi connectivity index (χ2n) is 9.79. The molecule has 0 bridgehead atoms. The Morgan fingerprint density at radius 3 is 2.62 bits per heavy atom. The molecule has 0 aliphatic carbocycles. The molecule has 10 nitrogen and oxygen atoms in total. The van der Waals surface area contributed by atoms with Crippen molar-refractivity contribution in [2.45, 2.75) is 33.4 Å². The number of aryl methyl sites for hydroxylation is 1. The Kier molecular flexibility index (Phi) is 7.90. The zero-order chi connectivity index (χ0) is 29.4. The Balaban J connectivity index is 1.19. The van der Waals surface area contributed by atoms with E-state index in [1.807, 2.05) is 56.6 Å². The van der Waals surface area contributed by atoms with E-state index in [9.17, 15) is 9.90 Å². The summed E-state index contributed by atoms with van der Waals surface area (Å²) in [6.07, 6.45) is 1.89. The second-order valence-corrected chi connectivity index (χ2v) is 12.8. The SMILES string of the molecule is COc1cc(OCc2csc(-c3ccc(C(=O)N(CCO)C(C)C)cc3)n2)c2sc(-c3cn4nc(C)sc4n3)nc2c1. The number of ether oxygens (including phenoxy) is 2. The summed E-state index contributed by atoms with van der Waals surface area (Å²) in [6, 6.07) is 11.2. The number of imidazole rings is 1. The summed E-state index contributed by atoms with van der Waals surface area (Å²) in [6.45, 7) is 6.33. The van der Waals surface area contributed by atoms with Crippen molar-refractivity contribution in [2.75, 3.05) is 20.3 Å². The van der Waals surface area contributed by atoms with Crippen LogP contribution in [0, 0.1) is 6.92 Å². The Hall–Kier alpha value is -3.91. The minimum Gasteiger partial charge on any atom is -0.497 e. The number of amides is 1. The van der Waals surface area contributed by atoms with Gasteiger partial charge in [-0.15, -0.1) is 22.7 Å². The van der Waals surface area contributed by atoms with Gasteiger partial charge in [0.05, 0.1) is 35.8 Å². The first kappa shape index (κ1) is 28.2. The summed E-state index contributed by atoms with van der Waals surface area (Å²) in [4.78, 5) is 29.6. The van der Waals surface area contributed by atoms with Crippen LogP contribution in [0.1, 0.15) is 34.9 Å². The van der Waals surface area contributed by atoms with Crippen LogP contribution in [0.5, 0.6) is 11.5 Å². The van der Waals surface area contributed by atoms with Gasteiger partial charge in [0.25, 0.3) is 5.91 Å². The van der Waals surface area contributed by atoms with Crippen molar-refractivity contribution >= 4 is 55.1 Å². The van der Waals surface area contributed by atoms with Gasteiger partial charge in [-0.05, 0) is 32.9 Å². The van der Waals surface area contributed by atoms with Crippen molar-refractivity contribution in [3.8, 4) is 32.8 Å². The van der Waals surface area contributed by atoms with Gasteiger partial charge in [-0.1, -0.05) is 23.5 Å². The van der Waals surface area contributed by atoms with E-state index in [1.54, 1.807) is 28.7 Å². The third-order valence-electron chi connectivity index (χ3n) is 6.56. The van der Waals surface area contributed by atoms with Crippen LogP contribution < -0.4 is 9.47 Å². The number of carbonyl (C=O) groups excluding carboxylic acids is 1. The maximum Gasteiger partial charge on any atom is 0.254 e. The minimum atomic E-state index is -0.103. The molecule has 42 heavy (non-hydrogen) atoms. The zero-order valence-corrected chi connectivity index (χ0v) is 25.8. The highest BCUT2D eigenvalue weighted by molar-refractivity contribution is 7.22. The fraction of sp³-hybridized carbons (Fsp3) is 0.276. The highest BCUT2D eigenvalue weighted by atomic mass is 32.1. The number of fused-ring (bicyclic) bond motifs is 2. The standard InChI is InChI=1S/C29H28N6O4S3/c1-16(2)34(9-10-36)28(37)19-7-5-18(6-8-19)26-30-20(15-40-26)14-39-24-12-21(38-4)11-22-25(24)42-27(31-22)23-13-35-29(32-23)41-17(3)33-35/h5-8,11-13,15-16,36H,9-10,14H2,1-4H3. The predicted octanol–water partition coefficient (Wildman–Crippen LogP) is 5.93. The lowest BCUT2D eigenvalue weighted by atomic mass is 10.1. The number of aromatic nitrogens is 5. The van der Waals surface area contributed by atoms with Crippen molar-refractivity contribution in [3.05, 3.63) is 64.2 Å².